The van der Waals surface area contributed by atoms with Gasteiger partial charge in [0.1, 0.15) is 5.75 Å². The van der Waals surface area contributed by atoms with Crippen LogP contribution in [0.25, 0.3) is 0 Å². The van der Waals surface area contributed by atoms with Crippen molar-refractivity contribution in [2.45, 2.75) is 6.92 Å². The summed E-state index contributed by atoms with van der Waals surface area (Å²) < 4.78 is 31.7. The fraction of sp³-hybridized carbons (Fsp3) is 0.0556. The average Bonchev–Trinajstić information content (AvgIpc) is 2.60. The number of halogens is 2. The highest BCUT2D eigenvalue weighted by atomic mass is 19.2. The molecule has 0 radical (unpaired) electrons. The van der Waals surface area contributed by atoms with Crippen LogP contribution in [0.1, 0.15) is 16.1 Å². The van der Waals surface area contributed by atoms with E-state index in [1.165, 1.54) is 12.1 Å². The van der Waals surface area contributed by atoms with E-state index in [9.17, 15) is 13.6 Å². The molecule has 2 aromatic carbocycles. The molecule has 0 saturated carbocycles. The van der Waals surface area contributed by atoms with Crippen LogP contribution in [-0.2, 0) is 0 Å². The topological polar surface area (TPSA) is 64.1 Å². The highest BCUT2D eigenvalue weighted by Crippen LogP contribution is 2.21. The van der Waals surface area contributed by atoms with Crippen molar-refractivity contribution in [2.75, 3.05) is 5.32 Å². The lowest BCUT2D eigenvalue weighted by Crippen LogP contribution is -2.12. The summed E-state index contributed by atoms with van der Waals surface area (Å²) in [6.07, 6.45) is 0. The molecule has 126 valence electrons. The molecular weight excluding hydrogens is 328 g/mol. The van der Waals surface area contributed by atoms with Crippen LogP contribution in [0.15, 0.2) is 54.6 Å². The van der Waals surface area contributed by atoms with Gasteiger partial charge in [-0.05, 0) is 43.3 Å². The van der Waals surface area contributed by atoms with Crippen LogP contribution in [0.5, 0.6) is 11.6 Å². The van der Waals surface area contributed by atoms with Gasteiger partial charge in [-0.2, -0.15) is 5.10 Å². The average molecular weight is 341 g/mol. The molecule has 1 N–H and O–H groups in total. The largest absolute Gasteiger partial charge is 0.438 e. The van der Waals surface area contributed by atoms with Crippen LogP contribution in [0.2, 0.25) is 0 Å². The number of ether oxygens (including phenoxy) is 1. The van der Waals surface area contributed by atoms with Crippen LogP contribution in [0.4, 0.5) is 14.5 Å². The first-order valence-corrected chi connectivity index (χ1v) is 7.36. The van der Waals surface area contributed by atoms with Crippen LogP contribution in [0, 0.1) is 18.6 Å². The van der Waals surface area contributed by atoms with Gasteiger partial charge < -0.3 is 10.1 Å². The fourth-order valence-electron chi connectivity index (χ4n) is 2.04. The third-order valence-electron chi connectivity index (χ3n) is 3.27. The van der Waals surface area contributed by atoms with Gasteiger partial charge in [-0.25, -0.2) is 8.78 Å². The molecule has 0 atom stereocenters. The van der Waals surface area contributed by atoms with Gasteiger partial charge in [-0.3, -0.25) is 4.79 Å². The van der Waals surface area contributed by atoms with Crippen LogP contribution in [-0.4, -0.2) is 16.1 Å². The standard InChI is InChI=1S/C18H13F2N3O2/c1-11-5-8-17(23-22-11)25-14-4-2-3-12(9-14)18(24)21-13-6-7-15(19)16(20)10-13/h2-10H,1H3,(H,21,24). The van der Waals surface area contributed by atoms with Crippen LogP contribution in [0.3, 0.4) is 0 Å². The third kappa shape index (κ3) is 4.14. The van der Waals surface area contributed by atoms with Crippen molar-refractivity contribution in [3.8, 4) is 11.6 Å². The number of benzene rings is 2. The van der Waals surface area contributed by atoms with Crippen molar-refractivity contribution in [1.82, 2.24) is 10.2 Å². The molecule has 0 aliphatic carbocycles. The van der Waals surface area contributed by atoms with Crippen LogP contribution >= 0.6 is 0 Å². The first-order chi connectivity index (χ1) is 12.0. The summed E-state index contributed by atoms with van der Waals surface area (Å²) in [5, 5.41) is 10.3. The number of nitrogens with one attached hydrogen (secondary N) is 1. The maximum atomic E-state index is 13.2. The van der Waals surface area contributed by atoms with Crippen LogP contribution < -0.4 is 10.1 Å². The molecule has 0 aliphatic rings. The van der Waals surface area contributed by atoms with Gasteiger partial charge in [0.15, 0.2) is 11.6 Å². The van der Waals surface area contributed by atoms with E-state index in [1.54, 1.807) is 37.3 Å². The number of hydrogen-bond donors (Lipinski definition) is 1. The molecule has 1 aromatic heterocycles. The molecule has 7 heteroatoms. The maximum Gasteiger partial charge on any atom is 0.255 e. The van der Waals surface area contributed by atoms with Gasteiger partial charge in [0.2, 0.25) is 5.88 Å². The molecule has 0 aliphatic heterocycles. The zero-order chi connectivity index (χ0) is 17.8. The summed E-state index contributed by atoms with van der Waals surface area (Å²) in [4.78, 5) is 12.2. The van der Waals surface area contributed by atoms with Gasteiger partial charge in [-0.15, -0.1) is 5.10 Å². The Balaban J connectivity index is 1.74. The predicted octanol–water partition coefficient (Wildman–Crippen LogP) is 4.11. The van der Waals surface area contributed by atoms with E-state index < -0.39 is 17.5 Å². The van der Waals surface area contributed by atoms with Crippen molar-refractivity contribution in [3.63, 3.8) is 0 Å². The van der Waals surface area contributed by atoms with E-state index in [1.807, 2.05) is 0 Å². The zero-order valence-corrected chi connectivity index (χ0v) is 13.2. The van der Waals surface area contributed by atoms with Gasteiger partial charge in [0.25, 0.3) is 5.91 Å². The van der Waals surface area contributed by atoms with E-state index in [0.717, 1.165) is 17.8 Å². The van der Waals surface area contributed by atoms with Gasteiger partial charge in [0, 0.05) is 23.4 Å². The highest BCUT2D eigenvalue weighted by molar-refractivity contribution is 6.04. The van der Waals surface area contributed by atoms with Crippen molar-refractivity contribution in [2.24, 2.45) is 0 Å². The molecular formula is C18H13F2N3O2. The minimum Gasteiger partial charge on any atom is -0.438 e. The lowest BCUT2D eigenvalue weighted by atomic mass is 10.2. The second-order valence-corrected chi connectivity index (χ2v) is 5.23. The first-order valence-electron chi connectivity index (χ1n) is 7.36. The van der Waals surface area contributed by atoms with Gasteiger partial charge >= 0.3 is 0 Å². The lowest BCUT2D eigenvalue weighted by Gasteiger charge is -2.08. The molecule has 3 aromatic rings. The SMILES string of the molecule is Cc1ccc(Oc2cccc(C(=O)Nc3ccc(F)c(F)c3)c2)nn1. The second kappa shape index (κ2) is 7.04. The van der Waals surface area contributed by atoms with E-state index in [2.05, 4.69) is 15.5 Å². The number of carbonyl (C=O) groups is 1. The molecule has 1 amide bonds. The van der Waals surface area contributed by atoms with E-state index >= 15 is 0 Å². The molecule has 0 spiro atoms. The minimum absolute atomic E-state index is 0.152. The highest BCUT2D eigenvalue weighted by Gasteiger charge is 2.10. The molecule has 0 fully saturated rings. The lowest BCUT2D eigenvalue weighted by molar-refractivity contribution is 0.102. The Morgan fingerprint density at radius 1 is 1.00 bits per heavy atom. The van der Waals surface area contributed by atoms with Gasteiger partial charge in [-0.1, -0.05) is 6.07 Å². The third-order valence-corrected chi connectivity index (χ3v) is 3.27. The van der Waals surface area contributed by atoms with Crippen molar-refractivity contribution >= 4 is 11.6 Å². The molecule has 3 rings (SSSR count). The number of hydrogen-bond acceptors (Lipinski definition) is 4. The Morgan fingerprint density at radius 2 is 1.84 bits per heavy atom. The number of nitrogens with zero attached hydrogens (tertiary/aromatic N) is 2. The molecule has 5 nitrogen and oxygen atoms in total. The zero-order valence-electron chi connectivity index (χ0n) is 13.2. The Hall–Kier alpha value is -3.35. The Morgan fingerprint density at radius 3 is 2.56 bits per heavy atom. The number of aryl methyl sites for hydroxylation is 1. The predicted molar refractivity (Wildman–Crippen MR) is 87.6 cm³/mol. The minimum atomic E-state index is -1.03. The summed E-state index contributed by atoms with van der Waals surface area (Å²) in [7, 11) is 0. The summed E-state index contributed by atoms with van der Waals surface area (Å²) >= 11 is 0. The quantitative estimate of drug-likeness (QED) is 0.776. The number of aromatic nitrogens is 2. The van der Waals surface area contributed by atoms with E-state index in [0.29, 0.717) is 17.2 Å². The number of anilines is 1. The number of amides is 1. The fourth-order valence-corrected chi connectivity index (χ4v) is 2.04. The summed E-state index contributed by atoms with van der Waals surface area (Å²) in [5.74, 6) is -1.80. The maximum absolute atomic E-state index is 13.2. The summed E-state index contributed by atoms with van der Waals surface area (Å²) in [6.45, 7) is 1.81. The van der Waals surface area contributed by atoms with Crippen molar-refractivity contribution in [3.05, 3.63) is 77.5 Å². The molecule has 25 heavy (non-hydrogen) atoms. The first kappa shape index (κ1) is 16.5. The molecule has 0 bridgehead atoms. The number of carbonyl (C=O) groups excluding carboxylic acids is 1. The second-order valence-electron chi connectivity index (χ2n) is 5.23. The number of rotatable bonds is 4. The van der Waals surface area contributed by atoms with Gasteiger partial charge in [0.05, 0.1) is 5.69 Å². The summed E-state index contributed by atoms with van der Waals surface area (Å²) in [6, 6.07) is 12.9. The monoisotopic (exact) mass is 341 g/mol. The van der Waals surface area contributed by atoms with E-state index in [-0.39, 0.29) is 5.69 Å². The normalized spacial score (nSPS) is 10.4. The molecule has 0 unspecified atom stereocenters. The Labute approximate surface area is 142 Å². The molecule has 1 heterocycles. The van der Waals surface area contributed by atoms with Crippen molar-refractivity contribution in [1.29, 1.82) is 0 Å². The Kier molecular flexibility index (Phi) is 4.65. The van der Waals surface area contributed by atoms with Crippen molar-refractivity contribution < 1.29 is 18.3 Å². The molecule has 0 saturated heterocycles. The summed E-state index contributed by atoms with van der Waals surface area (Å²) in [5.41, 5.74) is 1.20. The van der Waals surface area contributed by atoms with E-state index in [4.69, 9.17) is 4.74 Å². The Bertz CT molecular complexity index is 914. The smallest absolute Gasteiger partial charge is 0.255 e.